The van der Waals surface area contributed by atoms with Gasteiger partial charge in [0.05, 0.1) is 16.3 Å². The van der Waals surface area contributed by atoms with Crippen LogP contribution < -0.4 is 0 Å². The van der Waals surface area contributed by atoms with Gasteiger partial charge in [-0.3, -0.25) is 4.40 Å². The van der Waals surface area contributed by atoms with Crippen molar-refractivity contribution < 1.29 is 12.8 Å². The lowest BCUT2D eigenvalue weighted by molar-refractivity contribution is 0.602. The molecule has 0 spiro atoms. The van der Waals surface area contributed by atoms with E-state index in [0.29, 0.717) is 5.69 Å². The van der Waals surface area contributed by atoms with Gasteiger partial charge >= 0.3 is 0 Å². The van der Waals surface area contributed by atoms with E-state index >= 15 is 0 Å². The fourth-order valence-electron chi connectivity index (χ4n) is 3.21. The Bertz CT molecular complexity index is 1300. The summed E-state index contributed by atoms with van der Waals surface area (Å²) in [5, 5.41) is 0. The number of benzene rings is 2. The van der Waals surface area contributed by atoms with Crippen LogP contribution in [0.1, 0.15) is 5.56 Å². The third kappa shape index (κ3) is 3.36. The van der Waals surface area contributed by atoms with Crippen LogP contribution in [-0.2, 0) is 9.84 Å². The van der Waals surface area contributed by atoms with Crippen LogP contribution in [0, 0.1) is 12.7 Å². The van der Waals surface area contributed by atoms with E-state index in [4.69, 9.17) is 4.98 Å². The van der Waals surface area contributed by atoms with E-state index in [0.717, 1.165) is 32.5 Å². The van der Waals surface area contributed by atoms with Crippen molar-refractivity contribution in [2.24, 2.45) is 0 Å². The third-order valence-corrected chi connectivity index (χ3v) is 6.11. The first-order valence-electron chi connectivity index (χ1n) is 8.49. The monoisotopic (exact) mass is 458 g/mol. The van der Waals surface area contributed by atoms with Gasteiger partial charge in [0.2, 0.25) is 0 Å². The van der Waals surface area contributed by atoms with Crippen molar-refractivity contribution in [3.05, 3.63) is 76.6 Å². The Morgan fingerprint density at radius 3 is 2.21 bits per heavy atom. The molecule has 0 aliphatic carbocycles. The predicted molar refractivity (Wildman–Crippen MR) is 112 cm³/mol. The van der Waals surface area contributed by atoms with Crippen molar-refractivity contribution in [3.63, 3.8) is 0 Å². The first kappa shape index (κ1) is 18.8. The van der Waals surface area contributed by atoms with Gasteiger partial charge in [0.15, 0.2) is 9.84 Å². The molecule has 0 atom stereocenters. The fourth-order valence-corrected chi connectivity index (χ4v) is 4.39. The van der Waals surface area contributed by atoms with Crippen molar-refractivity contribution in [2.45, 2.75) is 11.8 Å². The molecule has 0 N–H and O–H groups in total. The standard InChI is InChI=1S/C21H16BrFN2O2S/c1-13-11-16(22)12-25-20(15-3-7-17(23)8-4-15)19(24-21(13)25)14-5-9-18(10-6-14)28(2,26)27/h3-12H,1-2H3. The topological polar surface area (TPSA) is 51.4 Å². The number of pyridine rings is 1. The zero-order valence-corrected chi connectivity index (χ0v) is 17.6. The van der Waals surface area contributed by atoms with Crippen molar-refractivity contribution >= 4 is 31.4 Å². The highest BCUT2D eigenvalue weighted by Crippen LogP contribution is 2.35. The number of sulfone groups is 1. The molecule has 0 aliphatic rings. The normalized spacial score (nSPS) is 11.9. The van der Waals surface area contributed by atoms with Crippen LogP contribution in [0.25, 0.3) is 28.2 Å². The second-order valence-corrected chi connectivity index (χ2v) is 9.58. The van der Waals surface area contributed by atoms with E-state index in [1.807, 2.05) is 23.6 Å². The molecule has 0 fully saturated rings. The summed E-state index contributed by atoms with van der Waals surface area (Å²) in [4.78, 5) is 5.07. The molecule has 0 unspecified atom stereocenters. The summed E-state index contributed by atoms with van der Waals surface area (Å²) in [6, 6.07) is 14.9. The highest BCUT2D eigenvalue weighted by atomic mass is 79.9. The fraction of sp³-hybridized carbons (Fsp3) is 0.0952. The van der Waals surface area contributed by atoms with Gasteiger partial charge in [0.25, 0.3) is 0 Å². The lowest BCUT2D eigenvalue weighted by atomic mass is 10.0. The van der Waals surface area contributed by atoms with Gasteiger partial charge in [-0.1, -0.05) is 12.1 Å². The molecule has 28 heavy (non-hydrogen) atoms. The van der Waals surface area contributed by atoms with Gasteiger partial charge in [0.1, 0.15) is 11.5 Å². The van der Waals surface area contributed by atoms with Gasteiger partial charge in [-0.25, -0.2) is 17.8 Å². The first-order valence-corrected chi connectivity index (χ1v) is 11.2. The number of aryl methyl sites for hydroxylation is 1. The molecule has 0 saturated heterocycles. The summed E-state index contributed by atoms with van der Waals surface area (Å²) in [6.07, 6.45) is 3.10. The molecule has 2 aromatic carbocycles. The van der Waals surface area contributed by atoms with Crippen LogP contribution >= 0.6 is 15.9 Å². The van der Waals surface area contributed by atoms with E-state index in [1.165, 1.54) is 18.4 Å². The molecular weight excluding hydrogens is 443 g/mol. The maximum atomic E-state index is 13.5. The molecule has 7 heteroatoms. The lowest BCUT2D eigenvalue weighted by Crippen LogP contribution is -1.96. The number of imidazole rings is 1. The second kappa shape index (κ2) is 6.83. The maximum Gasteiger partial charge on any atom is 0.175 e. The maximum absolute atomic E-state index is 13.5. The summed E-state index contributed by atoms with van der Waals surface area (Å²) in [7, 11) is -3.28. The number of hydrogen-bond acceptors (Lipinski definition) is 3. The molecule has 2 aromatic heterocycles. The van der Waals surface area contributed by atoms with Crippen molar-refractivity contribution in [1.29, 1.82) is 0 Å². The van der Waals surface area contributed by atoms with Crippen molar-refractivity contribution in [1.82, 2.24) is 9.38 Å². The largest absolute Gasteiger partial charge is 0.298 e. The van der Waals surface area contributed by atoms with Crippen LogP contribution in [0.2, 0.25) is 0 Å². The minimum absolute atomic E-state index is 0.252. The molecule has 4 nitrogen and oxygen atoms in total. The Hall–Kier alpha value is -2.51. The third-order valence-electron chi connectivity index (χ3n) is 4.54. The Morgan fingerprint density at radius 2 is 1.61 bits per heavy atom. The van der Waals surface area contributed by atoms with E-state index in [1.54, 1.807) is 36.4 Å². The highest BCUT2D eigenvalue weighted by Gasteiger charge is 2.18. The predicted octanol–water partition coefficient (Wildman–Crippen LogP) is 5.28. The number of rotatable bonds is 3. The molecule has 0 bridgehead atoms. The van der Waals surface area contributed by atoms with Crippen molar-refractivity contribution in [3.8, 4) is 22.5 Å². The van der Waals surface area contributed by atoms with Gasteiger partial charge in [-0.15, -0.1) is 0 Å². The molecule has 4 aromatic rings. The Balaban J connectivity index is 2.01. The molecule has 0 saturated carbocycles. The van der Waals surface area contributed by atoms with Crippen LogP contribution in [0.15, 0.2) is 70.2 Å². The summed E-state index contributed by atoms with van der Waals surface area (Å²) >= 11 is 3.52. The summed E-state index contributed by atoms with van der Waals surface area (Å²) < 4.78 is 39.9. The van der Waals surface area contributed by atoms with Crippen LogP contribution in [0.5, 0.6) is 0 Å². The van der Waals surface area contributed by atoms with E-state index in [9.17, 15) is 12.8 Å². The Labute approximate surface area is 170 Å². The second-order valence-electron chi connectivity index (χ2n) is 6.65. The van der Waals surface area contributed by atoms with E-state index in [2.05, 4.69) is 15.9 Å². The van der Waals surface area contributed by atoms with Crippen molar-refractivity contribution in [2.75, 3.05) is 6.26 Å². The SMILES string of the molecule is Cc1cc(Br)cn2c(-c3ccc(F)cc3)c(-c3ccc(S(C)(=O)=O)cc3)nc12. The zero-order valence-electron chi connectivity index (χ0n) is 15.1. The number of fused-ring (bicyclic) bond motifs is 1. The zero-order chi connectivity index (χ0) is 20.1. The average Bonchev–Trinajstić information content (AvgIpc) is 3.01. The number of aromatic nitrogens is 2. The minimum atomic E-state index is -3.28. The average molecular weight is 459 g/mol. The van der Waals surface area contributed by atoms with Crippen LogP contribution in [-0.4, -0.2) is 24.1 Å². The highest BCUT2D eigenvalue weighted by molar-refractivity contribution is 9.10. The molecule has 142 valence electrons. The molecular formula is C21H16BrFN2O2S. The Kier molecular flexibility index (Phi) is 4.59. The molecule has 0 radical (unpaired) electrons. The minimum Gasteiger partial charge on any atom is -0.298 e. The van der Waals surface area contributed by atoms with Crippen LogP contribution in [0.3, 0.4) is 0 Å². The van der Waals surface area contributed by atoms with Gasteiger partial charge in [-0.2, -0.15) is 0 Å². The molecule has 2 heterocycles. The van der Waals surface area contributed by atoms with Crippen LogP contribution in [0.4, 0.5) is 4.39 Å². The van der Waals surface area contributed by atoms with Gasteiger partial charge < -0.3 is 0 Å². The van der Waals surface area contributed by atoms with E-state index in [-0.39, 0.29) is 10.7 Å². The molecule has 4 rings (SSSR count). The first-order chi connectivity index (χ1) is 13.2. The number of hydrogen-bond donors (Lipinski definition) is 0. The number of nitrogens with zero attached hydrogens (tertiary/aromatic N) is 2. The molecule has 0 aliphatic heterocycles. The van der Waals surface area contributed by atoms with Gasteiger partial charge in [-0.05, 0) is 70.9 Å². The van der Waals surface area contributed by atoms with E-state index < -0.39 is 9.84 Å². The van der Waals surface area contributed by atoms with Gasteiger partial charge in [0, 0.05) is 28.1 Å². The summed E-state index contributed by atoms with van der Waals surface area (Å²) in [6.45, 7) is 1.97. The molecule has 0 amide bonds. The lowest BCUT2D eigenvalue weighted by Gasteiger charge is -2.07. The quantitative estimate of drug-likeness (QED) is 0.419. The summed E-state index contributed by atoms with van der Waals surface area (Å²) in [5.41, 5.74) is 4.88. The summed E-state index contributed by atoms with van der Waals surface area (Å²) in [5.74, 6) is -0.311. The smallest absolute Gasteiger partial charge is 0.175 e. The Morgan fingerprint density at radius 1 is 1.00 bits per heavy atom. The number of halogens is 2.